The van der Waals surface area contributed by atoms with Gasteiger partial charge in [-0.1, -0.05) is 0 Å². The maximum atomic E-state index is 9.57. The molecule has 2 heterocycles. The summed E-state index contributed by atoms with van der Waals surface area (Å²) < 4.78 is 27.2. The third-order valence-electron chi connectivity index (χ3n) is 4.69. The third-order valence-corrected chi connectivity index (χ3v) is 4.69. The molecular weight excluding hydrogens is 386 g/mol. The number of nitrogens with one attached hydrogen (secondary N) is 1. The van der Waals surface area contributed by atoms with Crippen molar-refractivity contribution in [3.63, 3.8) is 0 Å². The van der Waals surface area contributed by atoms with Gasteiger partial charge in [0, 0.05) is 23.3 Å². The molecule has 154 valence electrons. The van der Waals surface area contributed by atoms with Gasteiger partial charge in [0.15, 0.2) is 17.8 Å². The molecule has 0 spiro atoms. The molecule has 1 fully saturated rings. The van der Waals surface area contributed by atoms with E-state index in [-0.39, 0.29) is 6.29 Å². The fourth-order valence-electron chi connectivity index (χ4n) is 3.19. The van der Waals surface area contributed by atoms with Crippen LogP contribution in [0.4, 0.5) is 11.4 Å². The van der Waals surface area contributed by atoms with Crippen LogP contribution in [0, 0.1) is 11.3 Å². The summed E-state index contributed by atoms with van der Waals surface area (Å²) >= 11 is 0. The number of nitriles is 1. The lowest BCUT2D eigenvalue weighted by molar-refractivity contribution is -0.0684. The molecule has 0 unspecified atom stereocenters. The lowest BCUT2D eigenvalue weighted by Crippen LogP contribution is -2.18. The van der Waals surface area contributed by atoms with Crippen LogP contribution in [0.25, 0.3) is 10.9 Å². The highest BCUT2D eigenvalue weighted by Gasteiger charge is 2.17. The van der Waals surface area contributed by atoms with Gasteiger partial charge in [0.1, 0.15) is 18.4 Å². The Labute approximate surface area is 173 Å². The zero-order valence-electron chi connectivity index (χ0n) is 16.7. The number of benzene rings is 2. The molecule has 4 rings (SSSR count). The maximum absolute atomic E-state index is 9.57. The van der Waals surface area contributed by atoms with Gasteiger partial charge in [-0.3, -0.25) is 4.98 Å². The van der Waals surface area contributed by atoms with E-state index in [1.807, 2.05) is 30.3 Å². The van der Waals surface area contributed by atoms with E-state index < -0.39 is 0 Å². The van der Waals surface area contributed by atoms with E-state index in [9.17, 15) is 5.26 Å². The molecule has 0 bridgehead atoms. The van der Waals surface area contributed by atoms with Crippen LogP contribution in [0.3, 0.4) is 0 Å². The highest BCUT2D eigenvalue weighted by Crippen LogP contribution is 2.37. The maximum Gasteiger partial charge on any atom is 0.191 e. The second-order valence-electron chi connectivity index (χ2n) is 6.51. The first kappa shape index (κ1) is 19.8. The largest absolute Gasteiger partial charge is 0.493 e. The summed E-state index contributed by atoms with van der Waals surface area (Å²) in [4.78, 5) is 4.37. The topological polar surface area (TPSA) is 94.9 Å². The average Bonchev–Trinajstić information content (AvgIpc) is 3.31. The predicted molar refractivity (Wildman–Crippen MR) is 110 cm³/mol. The molecule has 0 atom stereocenters. The van der Waals surface area contributed by atoms with Gasteiger partial charge in [0.05, 0.1) is 44.2 Å². The molecule has 1 saturated heterocycles. The SMILES string of the molecule is COc1cc2ncc(C#N)c(Nc3ccc(OCC4OCCO4)cc3)c2cc1OC. The number of rotatable bonds is 7. The minimum absolute atomic E-state index is 0.323. The van der Waals surface area contributed by atoms with E-state index in [0.29, 0.717) is 53.8 Å². The van der Waals surface area contributed by atoms with Crippen LogP contribution in [0.5, 0.6) is 17.2 Å². The fraction of sp³-hybridized carbons (Fsp3) is 0.273. The molecule has 1 aliphatic heterocycles. The molecule has 8 heteroatoms. The standard InChI is InChI=1S/C22H21N3O5/c1-26-19-9-17-18(10-20(19)27-2)24-12-14(11-23)22(17)25-15-3-5-16(6-4-15)30-13-21-28-7-8-29-21/h3-6,9-10,12,21H,7-8,13H2,1-2H3,(H,24,25). The number of pyridine rings is 1. The molecule has 30 heavy (non-hydrogen) atoms. The van der Waals surface area contributed by atoms with Crippen molar-refractivity contribution >= 4 is 22.3 Å². The number of ether oxygens (including phenoxy) is 5. The van der Waals surface area contributed by atoms with Crippen molar-refractivity contribution in [1.82, 2.24) is 4.98 Å². The van der Waals surface area contributed by atoms with Crippen LogP contribution in [0.2, 0.25) is 0 Å². The molecule has 1 aromatic heterocycles. The Bertz CT molecular complexity index is 1070. The lowest BCUT2D eigenvalue weighted by atomic mass is 10.1. The Balaban J connectivity index is 1.59. The Hall–Kier alpha value is -3.54. The summed E-state index contributed by atoms with van der Waals surface area (Å²) in [6, 6.07) is 13.2. The van der Waals surface area contributed by atoms with Gasteiger partial charge >= 0.3 is 0 Å². The third kappa shape index (κ3) is 4.08. The van der Waals surface area contributed by atoms with E-state index in [1.54, 1.807) is 20.3 Å². The summed E-state index contributed by atoms with van der Waals surface area (Å²) in [6.07, 6.45) is 1.21. The molecule has 1 N–H and O–H groups in total. The zero-order chi connectivity index (χ0) is 20.9. The smallest absolute Gasteiger partial charge is 0.191 e. The molecule has 0 aliphatic carbocycles. The minimum Gasteiger partial charge on any atom is -0.493 e. The van der Waals surface area contributed by atoms with Gasteiger partial charge in [-0.25, -0.2) is 0 Å². The second-order valence-corrected chi connectivity index (χ2v) is 6.51. The Morgan fingerprint density at radius 3 is 2.47 bits per heavy atom. The summed E-state index contributed by atoms with van der Waals surface area (Å²) in [5.41, 5.74) is 2.55. The molecule has 3 aromatic rings. The quantitative estimate of drug-likeness (QED) is 0.635. The molecule has 0 saturated carbocycles. The van der Waals surface area contributed by atoms with Crippen molar-refractivity contribution in [3.8, 4) is 23.3 Å². The molecule has 8 nitrogen and oxygen atoms in total. The van der Waals surface area contributed by atoms with Crippen molar-refractivity contribution < 1.29 is 23.7 Å². The van der Waals surface area contributed by atoms with Gasteiger partial charge in [-0.05, 0) is 30.3 Å². The first-order valence-corrected chi connectivity index (χ1v) is 9.39. The zero-order valence-corrected chi connectivity index (χ0v) is 16.7. The molecule has 0 amide bonds. The van der Waals surface area contributed by atoms with E-state index in [1.165, 1.54) is 6.20 Å². The second kappa shape index (κ2) is 8.86. The number of anilines is 2. The summed E-state index contributed by atoms with van der Waals surface area (Å²) in [5, 5.41) is 13.6. The van der Waals surface area contributed by atoms with Crippen molar-refractivity contribution in [2.24, 2.45) is 0 Å². The monoisotopic (exact) mass is 407 g/mol. The van der Waals surface area contributed by atoms with Crippen molar-refractivity contribution in [2.45, 2.75) is 6.29 Å². The van der Waals surface area contributed by atoms with Crippen LogP contribution in [-0.2, 0) is 9.47 Å². The summed E-state index contributed by atoms with van der Waals surface area (Å²) in [7, 11) is 3.14. The first-order valence-electron chi connectivity index (χ1n) is 9.39. The van der Waals surface area contributed by atoms with Gasteiger partial charge in [0.25, 0.3) is 0 Å². The van der Waals surface area contributed by atoms with E-state index >= 15 is 0 Å². The van der Waals surface area contributed by atoms with Crippen molar-refractivity contribution in [1.29, 1.82) is 5.26 Å². The van der Waals surface area contributed by atoms with Gasteiger partial charge in [-0.2, -0.15) is 5.26 Å². The molecule has 1 aliphatic rings. The van der Waals surface area contributed by atoms with Gasteiger partial charge < -0.3 is 29.0 Å². The fourth-order valence-corrected chi connectivity index (χ4v) is 3.19. The Morgan fingerprint density at radius 2 is 1.80 bits per heavy atom. The van der Waals surface area contributed by atoms with Crippen LogP contribution >= 0.6 is 0 Å². The normalized spacial score (nSPS) is 13.8. The van der Waals surface area contributed by atoms with E-state index in [0.717, 1.165) is 11.1 Å². The Kier molecular flexibility index (Phi) is 5.84. The molecular formula is C22H21N3O5. The van der Waals surface area contributed by atoms with E-state index in [2.05, 4.69) is 16.4 Å². The number of methoxy groups -OCH3 is 2. The van der Waals surface area contributed by atoms with Gasteiger partial charge in [0.2, 0.25) is 0 Å². The van der Waals surface area contributed by atoms with Crippen molar-refractivity contribution in [3.05, 3.63) is 48.2 Å². The number of hydrogen-bond acceptors (Lipinski definition) is 8. The number of aromatic nitrogens is 1. The highest BCUT2D eigenvalue weighted by molar-refractivity contribution is 5.97. The predicted octanol–water partition coefficient (Wildman–Crippen LogP) is 3.62. The number of fused-ring (bicyclic) bond motifs is 1. The highest BCUT2D eigenvalue weighted by atomic mass is 16.7. The lowest BCUT2D eigenvalue weighted by Gasteiger charge is -2.15. The summed E-state index contributed by atoms with van der Waals surface area (Å²) in [5.74, 6) is 1.83. The Morgan fingerprint density at radius 1 is 1.10 bits per heavy atom. The molecule has 2 aromatic carbocycles. The van der Waals surface area contributed by atoms with Crippen LogP contribution in [0.15, 0.2) is 42.6 Å². The van der Waals surface area contributed by atoms with Crippen LogP contribution in [-0.4, -0.2) is 45.3 Å². The minimum atomic E-state index is -0.323. The van der Waals surface area contributed by atoms with Crippen molar-refractivity contribution in [2.75, 3.05) is 39.4 Å². The first-order chi connectivity index (χ1) is 14.7. The average molecular weight is 407 g/mol. The van der Waals surface area contributed by atoms with Crippen LogP contribution < -0.4 is 19.5 Å². The van der Waals surface area contributed by atoms with Gasteiger partial charge in [-0.15, -0.1) is 0 Å². The van der Waals surface area contributed by atoms with E-state index in [4.69, 9.17) is 23.7 Å². The number of hydrogen-bond donors (Lipinski definition) is 1. The number of nitrogens with zero attached hydrogens (tertiary/aromatic N) is 2. The molecule has 0 radical (unpaired) electrons. The van der Waals surface area contributed by atoms with Crippen LogP contribution in [0.1, 0.15) is 5.56 Å². The summed E-state index contributed by atoms with van der Waals surface area (Å²) in [6.45, 7) is 1.52.